The van der Waals surface area contributed by atoms with Gasteiger partial charge in [-0.15, -0.1) is 0 Å². The number of furan rings is 1. The average Bonchev–Trinajstić information content (AvgIpc) is 2.86. The highest BCUT2D eigenvalue weighted by atomic mass is 16.4. The summed E-state index contributed by atoms with van der Waals surface area (Å²) in [6.45, 7) is 1.86. The van der Waals surface area contributed by atoms with E-state index in [1.807, 2.05) is 37.3 Å². The summed E-state index contributed by atoms with van der Waals surface area (Å²) in [5, 5.41) is 9.59. The van der Waals surface area contributed by atoms with Crippen LogP contribution in [0, 0.1) is 0 Å². The SMILES string of the molecule is CC(c1cc2ccccc2o1)N(C)C(=O)CCC(=O)O. The number of hydrogen-bond acceptors (Lipinski definition) is 3. The molecule has 0 saturated heterocycles. The zero-order valence-electron chi connectivity index (χ0n) is 11.5. The van der Waals surface area contributed by atoms with Gasteiger partial charge < -0.3 is 14.4 Å². The molecule has 1 aromatic heterocycles. The van der Waals surface area contributed by atoms with Gasteiger partial charge in [0.1, 0.15) is 11.3 Å². The Kier molecular flexibility index (Phi) is 4.08. The Morgan fingerprint density at radius 1 is 1.30 bits per heavy atom. The molecule has 106 valence electrons. The fraction of sp³-hybridized carbons (Fsp3) is 0.333. The van der Waals surface area contributed by atoms with Gasteiger partial charge in [0.2, 0.25) is 5.91 Å². The van der Waals surface area contributed by atoms with Crippen LogP contribution in [0.15, 0.2) is 34.7 Å². The zero-order valence-corrected chi connectivity index (χ0v) is 11.5. The summed E-state index contributed by atoms with van der Waals surface area (Å²) in [5.41, 5.74) is 0.778. The number of aliphatic carboxylic acids is 1. The van der Waals surface area contributed by atoms with E-state index in [9.17, 15) is 9.59 Å². The first-order valence-corrected chi connectivity index (χ1v) is 6.45. The van der Waals surface area contributed by atoms with E-state index in [0.717, 1.165) is 11.0 Å². The zero-order chi connectivity index (χ0) is 14.7. The molecule has 0 radical (unpaired) electrons. The van der Waals surface area contributed by atoms with Crippen LogP contribution in [0.3, 0.4) is 0 Å². The summed E-state index contributed by atoms with van der Waals surface area (Å²) in [6, 6.07) is 9.31. The van der Waals surface area contributed by atoms with Crippen LogP contribution in [-0.2, 0) is 9.59 Å². The molecule has 0 aliphatic rings. The first kappa shape index (κ1) is 14.1. The summed E-state index contributed by atoms with van der Waals surface area (Å²) < 4.78 is 5.72. The number of carboxylic acids is 1. The molecule has 0 aliphatic heterocycles. The maximum atomic E-state index is 11.9. The van der Waals surface area contributed by atoms with Gasteiger partial charge in [-0.1, -0.05) is 18.2 Å². The van der Waals surface area contributed by atoms with Crippen molar-refractivity contribution in [3.05, 3.63) is 36.1 Å². The third-order valence-electron chi connectivity index (χ3n) is 3.38. The van der Waals surface area contributed by atoms with E-state index in [1.54, 1.807) is 7.05 Å². The number of benzene rings is 1. The predicted octanol–water partition coefficient (Wildman–Crippen LogP) is 2.82. The number of amides is 1. The molecule has 0 spiro atoms. The number of fused-ring (bicyclic) bond motifs is 1. The lowest BCUT2D eigenvalue weighted by molar-refractivity contribution is -0.141. The summed E-state index contributed by atoms with van der Waals surface area (Å²) >= 11 is 0. The summed E-state index contributed by atoms with van der Waals surface area (Å²) in [6.07, 6.45) is -0.160. The fourth-order valence-corrected chi connectivity index (χ4v) is 2.01. The fourth-order valence-electron chi connectivity index (χ4n) is 2.01. The summed E-state index contributed by atoms with van der Waals surface area (Å²) in [4.78, 5) is 23.9. The van der Waals surface area contributed by atoms with Crippen molar-refractivity contribution in [2.45, 2.75) is 25.8 Å². The molecule has 5 nitrogen and oxygen atoms in total. The van der Waals surface area contributed by atoms with Gasteiger partial charge in [-0.2, -0.15) is 0 Å². The minimum absolute atomic E-state index is 0.00357. The second-order valence-electron chi connectivity index (χ2n) is 4.76. The van der Waals surface area contributed by atoms with Crippen molar-refractivity contribution in [1.29, 1.82) is 0 Å². The van der Waals surface area contributed by atoms with Gasteiger partial charge in [0, 0.05) is 18.9 Å². The van der Waals surface area contributed by atoms with E-state index in [2.05, 4.69) is 0 Å². The van der Waals surface area contributed by atoms with Gasteiger partial charge >= 0.3 is 5.97 Å². The van der Waals surface area contributed by atoms with Gasteiger partial charge in [0.25, 0.3) is 0 Å². The van der Waals surface area contributed by atoms with Gasteiger partial charge in [-0.05, 0) is 19.1 Å². The molecule has 1 amide bonds. The maximum Gasteiger partial charge on any atom is 0.303 e. The normalized spacial score (nSPS) is 12.3. The van der Waals surface area contributed by atoms with E-state index in [1.165, 1.54) is 4.90 Å². The minimum Gasteiger partial charge on any atom is -0.481 e. The van der Waals surface area contributed by atoms with Gasteiger partial charge in [0.05, 0.1) is 12.5 Å². The van der Waals surface area contributed by atoms with Crippen molar-refractivity contribution < 1.29 is 19.1 Å². The number of rotatable bonds is 5. The lowest BCUT2D eigenvalue weighted by Crippen LogP contribution is -2.29. The third kappa shape index (κ3) is 2.99. The van der Waals surface area contributed by atoms with Crippen molar-refractivity contribution in [1.82, 2.24) is 4.90 Å². The molecule has 2 rings (SSSR count). The molecule has 0 bridgehead atoms. The Morgan fingerprint density at radius 3 is 2.65 bits per heavy atom. The van der Waals surface area contributed by atoms with Gasteiger partial charge in [-0.3, -0.25) is 9.59 Å². The van der Waals surface area contributed by atoms with E-state index in [0.29, 0.717) is 5.76 Å². The highest BCUT2D eigenvalue weighted by Gasteiger charge is 2.21. The number of carbonyl (C=O) groups excluding carboxylic acids is 1. The van der Waals surface area contributed by atoms with Crippen LogP contribution in [0.5, 0.6) is 0 Å². The van der Waals surface area contributed by atoms with Crippen LogP contribution in [0.2, 0.25) is 0 Å². The minimum atomic E-state index is -0.969. The Hall–Kier alpha value is -2.30. The number of carboxylic acid groups (broad SMARTS) is 1. The van der Waals surface area contributed by atoms with Gasteiger partial charge in [0.15, 0.2) is 0 Å². The molecular weight excluding hydrogens is 258 g/mol. The first-order valence-electron chi connectivity index (χ1n) is 6.45. The van der Waals surface area contributed by atoms with Crippen LogP contribution < -0.4 is 0 Å². The monoisotopic (exact) mass is 275 g/mol. The molecule has 2 aromatic rings. The van der Waals surface area contributed by atoms with E-state index < -0.39 is 5.97 Å². The predicted molar refractivity (Wildman–Crippen MR) is 74.3 cm³/mol. The first-order chi connectivity index (χ1) is 9.49. The summed E-state index contributed by atoms with van der Waals surface area (Å²) in [5.74, 6) is -0.485. The van der Waals surface area contributed by atoms with E-state index in [-0.39, 0.29) is 24.8 Å². The molecule has 1 heterocycles. The molecule has 1 atom stereocenters. The Labute approximate surface area is 116 Å². The molecule has 1 aromatic carbocycles. The molecule has 20 heavy (non-hydrogen) atoms. The third-order valence-corrected chi connectivity index (χ3v) is 3.38. The lowest BCUT2D eigenvalue weighted by Gasteiger charge is -2.23. The molecular formula is C15H17NO4. The number of para-hydroxylation sites is 1. The highest BCUT2D eigenvalue weighted by molar-refractivity contribution is 5.81. The molecule has 0 saturated carbocycles. The van der Waals surface area contributed by atoms with Crippen LogP contribution in [0.1, 0.15) is 31.6 Å². The molecule has 0 aliphatic carbocycles. The number of nitrogens with zero attached hydrogens (tertiary/aromatic N) is 1. The quantitative estimate of drug-likeness (QED) is 0.910. The molecule has 0 fully saturated rings. The highest BCUT2D eigenvalue weighted by Crippen LogP contribution is 2.26. The summed E-state index contributed by atoms with van der Waals surface area (Å²) in [7, 11) is 1.65. The van der Waals surface area contributed by atoms with E-state index >= 15 is 0 Å². The van der Waals surface area contributed by atoms with Gasteiger partial charge in [-0.25, -0.2) is 0 Å². The van der Waals surface area contributed by atoms with Crippen molar-refractivity contribution in [3.8, 4) is 0 Å². The van der Waals surface area contributed by atoms with Crippen LogP contribution in [0.4, 0.5) is 0 Å². The average molecular weight is 275 g/mol. The van der Waals surface area contributed by atoms with Crippen LogP contribution >= 0.6 is 0 Å². The molecule has 1 N–H and O–H groups in total. The largest absolute Gasteiger partial charge is 0.481 e. The molecule has 5 heteroatoms. The van der Waals surface area contributed by atoms with Crippen molar-refractivity contribution in [3.63, 3.8) is 0 Å². The number of carbonyl (C=O) groups is 2. The maximum absolute atomic E-state index is 11.9. The Balaban J connectivity index is 2.11. The second-order valence-corrected chi connectivity index (χ2v) is 4.76. The van der Waals surface area contributed by atoms with Crippen molar-refractivity contribution in [2.24, 2.45) is 0 Å². The van der Waals surface area contributed by atoms with Crippen molar-refractivity contribution >= 4 is 22.8 Å². The lowest BCUT2D eigenvalue weighted by atomic mass is 10.2. The molecule has 1 unspecified atom stereocenters. The standard InChI is InChI=1S/C15H17NO4/c1-10(16(2)14(17)7-8-15(18)19)13-9-11-5-3-4-6-12(11)20-13/h3-6,9-10H,7-8H2,1-2H3,(H,18,19). The van der Waals surface area contributed by atoms with E-state index in [4.69, 9.17) is 9.52 Å². The number of hydrogen-bond donors (Lipinski definition) is 1. The Bertz CT molecular complexity index is 599. The smallest absolute Gasteiger partial charge is 0.303 e. The van der Waals surface area contributed by atoms with Crippen LogP contribution in [0.25, 0.3) is 11.0 Å². The van der Waals surface area contributed by atoms with Crippen molar-refractivity contribution in [2.75, 3.05) is 7.05 Å². The second kappa shape index (κ2) is 5.77. The topological polar surface area (TPSA) is 70.8 Å². The Morgan fingerprint density at radius 2 is 2.00 bits per heavy atom. The van der Waals surface area contributed by atoms with Crippen LogP contribution in [-0.4, -0.2) is 28.9 Å².